The summed E-state index contributed by atoms with van der Waals surface area (Å²) in [5.74, 6) is 0.329. The second-order valence-electron chi connectivity index (χ2n) is 21.7. The molecule has 0 radical (unpaired) electrons. The smallest absolute Gasteiger partial charge is 0.407 e. The van der Waals surface area contributed by atoms with E-state index in [0.717, 1.165) is 61.9 Å². The highest BCUT2D eigenvalue weighted by Gasteiger charge is 2.45. The van der Waals surface area contributed by atoms with Gasteiger partial charge in [0, 0.05) is 79.5 Å². The first-order chi connectivity index (χ1) is 36.4. The van der Waals surface area contributed by atoms with Gasteiger partial charge in [-0.1, -0.05) is 65.5 Å². The van der Waals surface area contributed by atoms with E-state index in [2.05, 4.69) is 43.1 Å². The van der Waals surface area contributed by atoms with Crippen LogP contribution in [0, 0.1) is 46.1 Å². The van der Waals surface area contributed by atoms with Crippen molar-refractivity contribution in [2.24, 2.45) is 10.8 Å². The molecule has 3 aliphatic rings. The zero-order valence-corrected chi connectivity index (χ0v) is 44.0. The molecule has 2 bridgehead atoms. The molecule has 4 aromatic rings. The average Bonchev–Trinajstić information content (AvgIpc) is 4.03. The number of alkyl carbamates (subject to hydrolysis) is 1. The number of carbonyl (C=O) groups is 5. The Morgan fingerprint density at radius 3 is 1.96 bits per heavy atom. The summed E-state index contributed by atoms with van der Waals surface area (Å²) in [7, 11) is 1.13. The third-order valence-corrected chi connectivity index (χ3v) is 13.8. The highest BCUT2D eigenvalue weighted by molar-refractivity contribution is 5.87. The normalized spacial score (nSPS) is 18.8. The zero-order chi connectivity index (χ0) is 55.9. The maximum Gasteiger partial charge on any atom is 0.407 e. The predicted molar refractivity (Wildman–Crippen MR) is 274 cm³/mol. The Balaban J connectivity index is 1.11. The highest BCUT2D eigenvalue weighted by Crippen LogP contribution is 2.34. The lowest BCUT2D eigenvalue weighted by Crippen LogP contribution is -2.60. The Morgan fingerprint density at radius 2 is 1.40 bits per heavy atom. The van der Waals surface area contributed by atoms with Crippen molar-refractivity contribution in [3.63, 3.8) is 0 Å². The summed E-state index contributed by atoms with van der Waals surface area (Å²) in [4.78, 5) is 77.8. The lowest BCUT2D eigenvalue weighted by molar-refractivity contribution is -0.144. The molecule has 18 nitrogen and oxygen atoms in total. The number of hydrazine groups is 1. The Morgan fingerprint density at radius 1 is 0.792 bits per heavy atom. The Bertz CT molecular complexity index is 2830. The van der Waals surface area contributed by atoms with Gasteiger partial charge in [0.2, 0.25) is 11.9 Å². The number of carboxylic acid groups (broad SMARTS) is 1. The van der Waals surface area contributed by atoms with E-state index in [1.54, 1.807) is 72.0 Å². The van der Waals surface area contributed by atoms with Gasteiger partial charge in [0.15, 0.2) is 5.82 Å². The number of rotatable bonds is 16. The van der Waals surface area contributed by atoms with Crippen LogP contribution in [-0.4, -0.2) is 136 Å². The number of aliphatic hydroxyl groups is 1. The fourth-order valence-electron chi connectivity index (χ4n) is 9.77. The number of fused-ring (bicyclic) bond motifs is 2. The number of piperazine rings is 1. The number of hydrogen-bond acceptors (Lipinski definition) is 12. The second-order valence-corrected chi connectivity index (χ2v) is 21.7. The molecule has 3 aliphatic heterocycles. The van der Waals surface area contributed by atoms with Crippen LogP contribution in [0.15, 0.2) is 67.0 Å². The molecule has 7 rings (SSSR count). The molecular weight excluding hydrogens is 1010 g/mol. The van der Waals surface area contributed by atoms with Crippen LogP contribution in [0.1, 0.15) is 89.5 Å². The first kappa shape index (κ1) is 57.4. The Labute approximate surface area is 444 Å². The Hall–Kier alpha value is -7.35. The number of aromatic nitrogens is 2. The minimum absolute atomic E-state index is 0.0771. The largest absolute Gasteiger partial charge is 0.465 e. The predicted octanol–water partition coefficient (Wildman–Crippen LogP) is 5.83. The lowest BCUT2D eigenvalue weighted by atomic mass is 9.85. The summed E-state index contributed by atoms with van der Waals surface area (Å²) < 4.78 is 70.2. The first-order valence-electron chi connectivity index (χ1n) is 25.3. The summed E-state index contributed by atoms with van der Waals surface area (Å²) >= 11 is 0. The number of aliphatic hydroxyl groups excluding tert-OH is 1. The SMILES string of the molecule is COC(=O)N[C@H](C(=O)N[C@@H](Cc1ccc(C#Cc2ccc(N3CC4CCC(C3)N4C(=O)[C@@H]3CCCO3)nc2)cc1)[C@@H](O)CN(Cc1c(F)cc(-c2cnc(F)c(F)c2)cc1F)NC(=O)[C@@H](NC(=O)O)C(C)(C)C)C(C)(C)C. The molecule has 3 saturated heterocycles. The summed E-state index contributed by atoms with van der Waals surface area (Å²) in [6, 6.07) is 9.45. The van der Waals surface area contributed by atoms with Crippen LogP contribution in [0.4, 0.5) is 33.0 Å². The van der Waals surface area contributed by atoms with Crippen molar-refractivity contribution in [1.29, 1.82) is 0 Å². The zero-order valence-electron chi connectivity index (χ0n) is 44.0. The number of benzene rings is 2. The minimum atomic E-state index is -1.67. The van der Waals surface area contributed by atoms with Crippen molar-refractivity contribution in [3.8, 4) is 23.0 Å². The molecule has 0 saturated carbocycles. The Kier molecular flexibility index (Phi) is 18.1. The third-order valence-electron chi connectivity index (χ3n) is 13.8. The average molecular weight is 1070 g/mol. The van der Waals surface area contributed by atoms with Gasteiger partial charge in [-0.3, -0.25) is 19.8 Å². The number of methoxy groups -OCH3 is 1. The van der Waals surface area contributed by atoms with E-state index >= 15 is 8.78 Å². The van der Waals surface area contributed by atoms with Gasteiger partial charge in [0.05, 0.1) is 19.3 Å². The number of ether oxygens (including phenoxy) is 2. The molecule has 3 fully saturated rings. The van der Waals surface area contributed by atoms with Crippen molar-refractivity contribution < 1.29 is 61.2 Å². The second kappa shape index (κ2) is 24.3. The molecule has 0 aliphatic carbocycles. The summed E-state index contributed by atoms with van der Waals surface area (Å²) in [6.45, 7) is 10.4. The maximum atomic E-state index is 16.0. The maximum absolute atomic E-state index is 16.0. The van der Waals surface area contributed by atoms with Crippen molar-refractivity contribution in [1.82, 2.24) is 41.3 Å². The van der Waals surface area contributed by atoms with E-state index in [4.69, 9.17) is 14.5 Å². The van der Waals surface area contributed by atoms with Gasteiger partial charge in [-0.05, 0) is 96.5 Å². The van der Waals surface area contributed by atoms with Crippen LogP contribution in [0.25, 0.3) is 11.1 Å². The number of nitrogens with zero attached hydrogens (tertiary/aromatic N) is 5. The molecule has 22 heteroatoms. The monoisotopic (exact) mass is 1070 g/mol. The van der Waals surface area contributed by atoms with E-state index in [9.17, 15) is 43.0 Å². The van der Waals surface area contributed by atoms with E-state index in [1.807, 2.05) is 17.0 Å². The van der Waals surface area contributed by atoms with Crippen LogP contribution in [0.5, 0.6) is 0 Å². The summed E-state index contributed by atoms with van der Waals surface area (Å²) in [5.41, 5.74) is 1.44. The van der Waals surface area contributed by atoms with Crippen LogP contribution in [-0.2, 0) is 36.8 Å². The molecule has 6 N–H and O–H groups in total. The van der Waals surface area contributed by atoms with Gasteiger partial charge < -0.3 is 45.4 Å². The van der Waals surface area contributed by atoms with Gasteiger partial charge in [0.25, 0.3) is 11.8 Å². The van der Waals surface area contributed by atoms with Crippen molar-refractivity contribution in [2.45, 2.75) is 123 Å². The lowest BCUT2D eigenvalue weighted by Gasteiger charge is -2.42. The quantitative estimate of drug-likeness (QED) is 0.0336. The number of halogens is 4. The van der Waals surface area contributed by atoms with Crippen molar-refractivity contribution in [2.75, 3.05) is 38.3 Å². The van der Waals surface area contributed by atoms with Gasteiger partial charge in [0.1, 0.15) is 35.6 Å². The summed E-state index contributed by atoms with van der Waals surface area (Å²) in [6.07, 6.45) is 1.58. The van der Waals surface area contributed by atoms with Gasteiger partial charge in [-0.2, -0.15) is 4.39 Å². The van der Waals surface area contributed by atoms with E-state index in [0.29, 0.717) is 42.5 Å². The molecular formula is C55H65F4N9O9. The fourth-order valence-corrected chi connectivity index (χ4v) is 9.77. The molecule has 2 unspecified atom stereocenters. The number of anilines is 1. The molecule has 412 valence electrons. The fraction of sp³-hybridized carbons (Fsp3) is 0.473. The standard InChI is InChI=1S/C55H65F4N9O9/c1-54(2,3)46(64-53(75)76-7)49(70)62-42(21-32-13-10-31(11-14-32)12-15-33-16-19-45(60-25-33)66-27-36-17-18-37(28-66)68(36)51(72)44-9-8-20-77-44)43(69)30-67(65-50(71)47(55(4,5)6)63-52(73)74)29-38-39(56)22-34(23-40(38)57)35-24-41(58)48(59)61-26-35/h10-11,13-14,16,19,22-26,36-37,42-44,46-47,63,69H,8-9,17-18,20-21,27-30H2,1-7H3,(H,62,70)(H,64,75)(H,65,71)(H,73,74)/t36?,37?,42-,43-,44-,46+,47+/m0/s1. The topological polar surface area (TPSA) is 228 Å². The van der Waals surface area contributed by atoms with Gasteiger partial charge >= 0.3 is 12.2 Å². The molecule has 5 heterocycles. The number of pyridine rings is 2. The molecule has 77 heavy (non-hydrogen) atoms. The summed E-state index contributed by atoms with van der Waals surface area (Å²) in [5, 5.41) is 30.2. The molecule has 2 aromatic heterocycles. The molecule has 7 atom stereocenters. The number of carbonyl (C=O) groups excluding carboxylic acids is 4. The van der Waals surface area contributed by atoms with Crippen LogP contribution >= 0.6 is 0 Å². The number of nitrogens with one attached hydrogen (secondary N) is 4. The van der Waals surface area contributed by atoms with E-state index in [1.165, 1.54) is 0 Å². The number of hydrogen-bond donors (Lipinski definition) is 6. The van der Waals surface area contributed by atoms with Crippen LogP contribution < -0.4 is 26.3 Å². The first-order valence-corrected chi connectivity index (χ1v) is 25.3. The molecule has 5 amide bonds. The van der Waals surface area contributed by atoms with E-state index in [-0.39, 0.29) is 41.6 Å². The molecule has 0 spiro atoms. The number of amides is 5. The van der Waals surface area contributed by atoms with Crippen LogP contribution in [0.3, 0.4) is 0 Å². The minimum Gasteiger partial charge on any atom is -0.465 e. The van der Waals surface area contributed by atoms with Gasteiger partial charge in [-0.15, -0.1) is 0 Å². The molecule has 2 aromatic carbocycles. The van der Waals surface area contributed by atoms with Crippen molar-refractivity contribution >= 4 is 35.7 Å². The van der Waals surface area contributed by atoms with Crippen LogP contribution in [0.2, 0.25) is 0 Å². The van der Waals surface area contributed by atoms with E-state index < -0.39 is 101 Å². The van der Waals surface area contributed by atoms with Gasteiger partial charge in [-0.25, -0.2) is 37.7 Å². The highest BCUT2D eigenvalue weighted by atomic mass is 19.2. The van der Waals surface area contributed by atoms with Crippen molar-refractivity contribution in [3.05, 3.63) is 113 Å². The third kappa shape index (κ3) is 14.6.